The number of aryl methyl sites for hydroxylation is 2. The van der Waals surface area contributed by atoms with Crippen molar-refractivity contribution in [3.8, 4) is 0 Å². The highest BCUT2D eigenvalue weighted by Gasteiger charge is 2.38. The molecule has 0 aliphatic heterocycles. The number of amides is 1. The van der Waals surface area contributed by atoms with Gasteiger partial charge in [-0.25, -0.2) is 8.42 Å². The number of hydrogen-bond donors (Lipinski definition) is 1. The Morgan fingerprint density at radius 1 is 1.07 bits per heavy atom. The fourth-order valence-corrected chi connectivity index (χ4v) is 5.43. The van der Waals surface area contributed by atoms with Gasteiger partial charge in [-0.05, 0) is 73.1 Å². The zero-order chi connectivity index (χ0) is 19.0. The molecule has 0 saturated heterocycles. The number of hydrogen-bond acceptors (Lipinski definition) is 3. The molecule has 1 N–H and O–H groups in total. The third-order valence-electron chi connectivity index (χ3n) is 5.41. The maximum absolute atomic E-state index is 13.3. The molecule has 0 spiro atoms. The lowest BCUT2D eigenvalue weighted by Crippen LogP contribution is -2.32. The molecule has 0 bridgehead atoms. The van der Waals surface area contributed by atoms with E-state index in [1.807, 2.05) is 24.3 Å². The summed E-state index contributed by atoms with van der Waals surface area (Å²) in [4.78, 5) is 12.1. The van der Waals surface area contributed by atoms with Gasteiger partial charge in [0.05, 0.1) is 4.90 Å². The van der Waals surface area contributed by atoms with Gasteiger partial charge < -0.3 is 5.32 Å². The first-order valence-corrected chi connectivity index (χ1v) is 10.9. The Morgan fingerprint density at radius 3 is 2.44 bits per heavy atom. The average molecular weight is 385 g/mol. The van der Waals surface area contributed by atoms with Crippen LogP contribution in [-0.4, -0.2) is 31.7 Å². The van der Waals surface area contributed by atoms with E-state index in [1.165, 1.54) is 11.1 Å². The predicted molar refractivity (Wildman–Crippen MR) is 104 cm³/mol. The highest BCUT2D eigenvalue weighted by molar-refractivity contribution is 7.89. The van der Waals surface area contributed by atoms with E-state index < -0.39 is 10.0 Å². The summed E-state index contributed by atoms with van der Waals surface area (Å²) in [6.07, 6.45) is 4.91. The van der Waals surface area contributed by atoms with Crippen LogP contribution in [0.1, 0.15) is 46.3 Å². The Morgan fingerprint density at radius 2 is 1.78 bits per heavy atom. The van der Waals surface area contributed by atoms with Crippen LogP contribution >= 0.6 is 0 Å². The van der Waals surface area contributed by atoms with Gasteiger partial charge in [0.15, 0.2) is 0 Å². The molecule has 6 heteroatoms. The van der Waals surface area contributed by atoms with Crippen molar-refractivity contribution >= 4 is 15.9 Å². The normalized spacial score (nSPS) is 16.4. The molecule has 2 aliphatic carbocycles. The van der Waals surface area contributed by atoms with Crippen LogP contribution in [-0.2, 0) is 29.4 Å². The number of carbonyl (C=O) groups is 1. The maximum atomic E-state index is 13.3. The van der Waals surface area contributed by atoms with Crippen LogP contribution in [0.25, 0.3) is 0 Å². The smallest absolute Gasteiger partial charge is 0.251 e. The quantitative estimate of drug-likeness (QED) is 0.833. The van der Waals surface area contributed by atoms with Crippen molar-refractivity contribution in [2.75, 3.05) is 7.05 Å². The van der Waals surface area contributed by atoms with Crippen LogP contribution in [0.5, 0.6) is 0 Å². The molecule has 5 nitrogen and oxygen atoms in total. The van der Waals surface area contributed by atoms with Gasteiger partial charge in [-0.1, -0.05) is 18.2 Å². The summed E-state index contributed by atoms with van der Waals surface area (Å²) in [7, 11) is -1.94. The minimum absolute atomic E-state index is 0.0712. The van der Waals surface area contributed by atoms with Crippen LogP contribution in [0.2, 0.25) is 0 Å². The molecule has 0 atom stereocenters. The van der Waals surface area contributed by atoms with Gasteiger partial charge in [0.1, 0.15) is 0 Å². The summed E-state index contributed by atoms with van der Waals surface area (Å²) in [5.41, 5.74) is 3.90. The first kappa shape index (κ1) is 18.2. The lowest BCUT2D eigenvalue weighted by molar-refractivity contribution is 0.0963. The third-order valence-corrected chi connectivity index (χ3v) is 7.31. The van der Waals surface area contributed by atoms with E-state index in [0.717, 1.165) is 37.7 Å². The Balaban J connectivity index is 1.60. The third kappa shape index (κ3) is 3.64. The fourth-order valence-electron chi connectivity index (χ4n) is 3.70. The topological polar surface area (TPSA) is 66.5 Å². The van der Waals surface area contributed by atoms with Crippen molar-refractivity contribution in [3.05, 3.63) is 64.7 Å². The summed E-state index contributed by atoms with van der Waals surface area (Å²) in [5, 5.41) is 2.59. The molecule has 4 rings (SSSR count). The second-order valence-corrected chi connectivity index (χ2v) is 9.23. The molecule has 2 aliphatic rings. The van der Waals surface area contributed by atoms with E-state index in [1.54, 1.807) is 29.6 Å². The molecule has 1 fully saturated rings. The minimum Gasteiger partial charge on any atom is -0.355 e. The van der Waals surface area contributed by atoms with Gasteiger partial charge >= 0.3 is 0 Å². The van der Waals surface area contributed by atoms with E-state index >= 15 is 0 Å². The number of benzene rings is 2. The van der Waals surface area contributed by atoms with Crippen LogP contribution < -0.4 is 5.32 Å². The zero-order valence-corrected chi connectivity index (χ0v) is 16.3. The molecule has 27 heavy (non-hydrogen) atoms. The number of nitrogens with one attached hydrogen (secondary N) is 1. The van der Waals surface area contributed by atoms with Crippen molar-refractivity contribution in [3.63, 3.8) is 0 Å². The highest BCUT2D eigenvalue weighted by Crippen LogP contribution is 2.35. The van der Waals surface area contributed by atoms with E-state index in [2.05, 4.69) is 5.32 Å². The zero-order valence-electron chi connectivity index (χ0n) is 15.4. The lowest BCUT2D eigenvalue weighted by atomic mass is 10.1. The van der Waals surface area contributed by atoms with Gasteiger partial charge in [-0.2, -0.15) is 4.31 Å². The number of nitrogens with zero attached hydrogens (tertiary/aromatic N) is 1. The summed E-state index contributed by atoms with van der Waals surface area (Å²) >= 11 is 0. The van der Waals surface area contributed by atoms with E-state index in [9.17, 15) is 13.2 Å². The van der Waals surface area contributed by atoms with Crippen molar-refractivity contribution < 1.29 is 13.2 Å². The first-order valence-electron chi connectivity index (χ1n) is 9.44. The summed E-state index contributed by atoms with van der Waals surface area (Å²) in [6.45, 7) is 0.331. The molecule has 0 heterocycles. The number of rotatable bonds is 6. The van der Waals surface area contributed by atoms with Crippen molar-refractivity contribution in [2.24, 2.45) is 0 Å². The van der Waals surface area contributed by atoms with Gasteiger partial charge in [0, 0.05) is 25.2 Å². The van der Waals surface area contributed by atoms with E-state index in [0.29, 0.717) is 17.0 Å². The van der Waals surface area contributed by atoms with Gasteiger partial charge in [-0.3, -0.25) is 4.79 Å². The average Bonchev–Trinajstić information content (AvgIpc) is 3.41. The highest BCUT2D eigenvalue weighted by atomic mass is 32.2. The number of carbonyl (C=O) groups excluding carboxylic acids is 1. The largest absolute Gasteiger partial charge is 0.355 e. The Hall–Kier alpha value is -2.18. The molecule has 2 aromatic carbocycles. The number of sulfonamides is 1. The van der Waals surface area contributed by atoms with Crippen LogP contribution in [0.15, 0.2) is 47.4 Å². The molecule has 0 unspecified atom stereocenters. The maximum Gasteiger partial charge on any atom is 0.251 e. The summed E-state index contributed by atoms with van der Waals surface area (Å²) in [5.74, 6) is -0.147. The van der Waals surface area contributed by atoms with Crippen molar-refractivity contribution in [1.82, 2.24) is 9.62 Å². The minimum atomic E-state index is -3.53. The molecule has 1 amide bonds. The molecule has 0 aromatic heterocycles. The van der Waals surface area contributed by atoms with Gasteiger partial charge in [-0.15, -0.1) is 0 Å². The van der Waals surface area contributed by atoms with Crippen molar-refractivity contribution in [2.45, 2.75) is 49.6 Å². The second-order valence-electron chi connectivity index (χ2n) is 7.34. The standard InChI is InChI=1S/C21H24N2O3S/c1-22-21(24)17-7-5-15(6-8-17)14-23(19-10-11-19)27(25,26)20-12-9-16-3-2-4-18(16)13-20/h5-9,12-13,19H,2-4,10-11,14H2,1H3,(H,22,24). The van der Waals surface area contributed by atoms with Crippen LogP contribution in [0.3, 0.4) is 0 Å². The number of fused-ring (bicyclic) bond motifs is 1. The molecule has 1 saturated carbocycles. The summed E-state index contributed by atoms with van der Waals surface area (Å²) in [6, 6.07) is 12.8. The predicted octanol–water partition coefficient (Wildman–Crippen LogP) is 2.89. The molecule has 2 aromatic rings. The summed E-state index contributed by atoms with van der Waals surface area (Å²) < 4.78 is 28.2. The van der Waals surface area contributed by atoms with Crippen molar-refractivity contribution in [1.29, 1.82) is 0 Å². The molecule has 0 radical (unpaired) electrons. The van der Waals surface area contributed by atoms with Gasteiger partial charge in [0.2, 0.25) is 10.0 Å². The Bertz CT molecular complexity index is 963. The lowest BCUT2D eigenvalue weighted by Gasteiger charge is -2.22. The molecular formula is C21H24N2O3S. The van der Waals surface area contributed by atoms with E-state index in [-0.39, 0.29) is 11.9 Å². The Labute approximate surface area is 160 Å². The fraction of sp³-hybridized carbons (Fsp3) is 0.381. The SMILES string of the molecule is CNC(=O)c1ccc(CN(C2CC2)S(=O)(=O)c2ccc3c(c2)CCC3)cc1. The van der Waals surface area contributed by atoms with Crippen LogP contribution in [0, 0.1) is 0 Å². The first-order chi connectivity index (χ1) is 13.0. The Kier molecular flexibility index (Phi) is 4.78. The molecule has 142 valence electrons. The van der Waals surface area contributed by atoms with Crippen LogP contribution in [0.4, 0.5) is 0 Å². The molecular weight excluding hydrogens is 360 g/mol. The van der Waals surface area contributed by atoms with Gasteiger partial charge in [0.25, 0.3) is 5.91 Å². The van der Waals surface area contributed by atoms with E-state index in [4.69, 9.17) is 0 Å². The monoisotopic (exact) mass is 384 g/mol. The second kappa shape index (κ2) is 7.09.